The molecule has 7 nitrogen and oxygen atoms in total. The van der Waals surface area contributed by atoms with Gasteiger partial charge in [0.15, 0.2) is 0 Å². The van der Waals surface area contributed by atoms with Gasteiger partial charge in [0.05, 0.1) is 29.9 Å². The van der Waals surface area contributed by atoms with Crippen molar-refractivity contribution in [3.8, 4) is 6.07 Å². The molecule has 0 aliphatic heterocycles. The first-order valence-electron chi connectivity index (χ1n) is 5.92. The second-order valence-electron chi connectivity index (χ2n) is 4.41. The van der Waals surface area contributed by atoms with Crippen LogP contribution in [0.5, 0.6) is 0 Å². The summed E-state index contributed by atoms with van der Waals surface area (Å²) < 4.78 is 3.05. The summed E-state index contributed by atoms with van der Waals surface area (Å²) in [5, 5.41) is 20.1. The van der Waals surface area contributed by atoms with Gasteiger partial charge in [-0.15, -0.1) is 0 Å². The standard InChI is InChI=1S/C12H13ClN6O/c1-8(6-19-7-10(13)5-16-19)12(20)17-11-9(3-14)4-15-18(11)2/h4-5,7-8H,6H2,1-2H3,(H,17,20). The van der Waals surface area contributed by atoms with Gasteiger partial charge in [0.25, 0.3) is 0 Å². The number of nitrogens with one attached hydrogen (secondary N) is 1. The number of nitrogens with zero attached hydrogens (tertiary/aromatic N) is 5. The predicted molar refractivity (Wildman–Crippen MR) is 73.0 cm³/mol. The molecule has 0 aliphatic carbocycles. The minimum Gasteiger partial charge on any atom is -0.310 e. The Morgan fingerprint density at radius 2 is 2.30 bits per heavy atom. The number of nitriles is 1. The van der Waals surface area contributed by atoms with Crippen molar-refractivity contribution in [2.75, 3.05) is 5.32 Å². The third-order valence-corrected chi connectivity index (χ3v) is 3.01. The van der Waals surface area contributed by atoms with Gasteiger partial charge in [-0.1, -0.05) is 18.5 Å². The number of anilines is 1. The average molecular weight is 293 g/mol. The second-order valence-corrected chi connectivity index (χ2v) is 4.85. The van der Waals surface area contributed by atoms with E-state index in [1.165, 1.54) is 17.1 Å². The zero-order valence-electron chi connectivity index (χ0n) is 11.0. The van der Waals surface area contributed by atoms with Gasteiger partial charge in [-0.25, -0.2) is 0 Å². The van der Waals surface area contributed by atoms with Crippen LogP contribution in [0.2, 0.25) is 5.02 Å². The van der Waals surface area contributed by atoms with E-state index in [-0.39, 0.29) is 11.8 Å². The maximum Gasteiger partial charge on any atom is 0.230 e. The number of carbonyl (C=O) groups excluding carboxylic acids is 1. The van der Waals surface area contributed by atoms with Crippen LogP contribution < -0.4 is 5.32 Å². The van der Waals surface area contributed by atoms with Crippen LogP contribution in [0.3, 0.4) is 0 Å². The molecule has 2 aromatic heterocycles. The Kier molecular flexibility index (Phi) is 4.05. The molecule has 0 bridgehead atoms. The van der Waals surface area contributed by atoms with Crippen LogP contribution in [0, 0.1) is 17.2 Å². The van der Waals surface area contributed by atoms with Crippen molar-refractivity contribution in [1.82, 2.24) is 19.6 Å². The lowest BCUT2D eigenvalue weighted by molar-refractivity contribution is -0.119. The highest BCUT2D eigenvalue weighted by Crippen LogP contribution is 2.14. The van der Waals surface area contributed by atoms with Crippen LogP contribution in [-0.4, -0.2) is 25.5 Å². The minimum absolute atomic E-state index is 0.211. The highest BCUT2D eigenvalue weighted by molar-refractivity contribution is 6.30. The number of aryl methyl sites for hydroxylation is 1. The van der Waals surface area contributed by atoms with Crippen LogP contribution in [0.1, 0.15) is 12.5 Å². The van der Waals surface area contributed by atoms with Gasteiger partial charge >= 0.3 is 0 Å². The molecular weight excluding hydrogens is 280 g/mol. The Hall–Kier alpha value is -2.33. The minimum atomic E-state index is -0.326. The summed E-state index contributed by atoms with van der Waals surface area (Å²) in [4.78, 5) is 12.1. The lowest BCUT2D eigenvalue weighted by Gasteiger charge is -2.12. The van der Waals surface area contributed by atoms with Gasteiger partial charge in [-0.05, 0) is 0 Å². The first-order valence-corrected chi connectivity index (χ1v) is 6.30. The van der Waals surface area contributed by atoms with E-state index in [1.54, 1.807) is 24.9 Å². The molecule has 1 amide bonds. The number of amides is 1. The maximum atomic E-state index is 12.1. The van der Waals surface area contributed by atoms with Crippen molar-refractivity contribution in [3.63, 3.8) is 0 Å². The fourth-order valence-corrected chi connectivity index (χ4v) is 1.87. The summed E-state index contributed by atoms with van der Waals surface area (Å²) in [6, 6.07) is 1.98. The van der Waals surface area contributed by atoms with E-state index in [4.69, 9.17) is 16.9 Å². The van der Waals surface area contributed by atoms with E-state index in [0.717, 1.165) is 0 Å². The third-order valence-electron chi connectivity index (χ3n) is 2.81. The van der Waals surface area contributed by atoms with Crippen molar-refractivity contribution in [3.05, 3.63) is 29.2 Å². The molecule has 0 fully saturated rings. The van der Waals surface area contributed by atoms with E-state index in [2.05, 4.69) is 15.5 Å². The van der Waals surface area contributed by atoms with E-state index in [0.29, 0.717) is 22.9 Å². The monoisotopic (exact) mass is 292 g/mol. The Morgan fingerprint density at radius 3 is 2.90 bits per heavy atom. The molecule has 2 aromatic rings. The van der Waals surface area contributed by atoms with Gasteiger partial charge < -0.3 is 5.32 Å². The quantitative estimate of drug-likeness (QED) is 0.923. The summed E-state index contributed by atoms with van der Waals surface area (Å²) >= 11 is 5.77. The lowest BCUT2D eigenvalue weighted by Crippen LogP contribution is -2.26. The molecule has 20 heavy (non-hydrogen) atoms. The fraction of sp³-hybridized carbons (Fsp3) is 0.333. The predicted octanol–water partition coefficient (Wildman–Crippen LogP) is 1.42. The van der Waals surface area contributed by atoms with Gasteiger partial charge in [0, 0.05) is 13.2 Å². The van der Waals surface area contributed by atoms with Crippen molar-refractivity contribution >= 4 is 23.3 Å². The largest absolute Gasteiger partial charge is 0.310 e. The van der Waals surface area contributed by atoms with Crippen molar-refractivity contribution in [2.45, 2.75) is 13.5 Å². The second kappa shape index (κ2) is 5.75. The zero-order valence-corrected chi connectivity index (χ0v) is 11.8. The first-order chi connectivity index (χ1) is 9.51. The fourth-order valence-electron chi connectivity index (χ4n) is 1.71. The molecule has 0 saturated heterocycles. The average Bonchev–Trinajstić information content (AvgIpc) is 2.97. The van der Waals surface area contributed by atoms with Gasteiger partial charge in [-0.3, -0.25) is 14.2 Å². The van der Waals surface area contributed by atoms with Crippen LogP contribution in [0.25, 0.3) is 0 Å². The Balaban J connectivity index is 2.04. The Labute approximate surface area is 120 Å². The summed E-state index contributed by atoms with van der Waals surface area (Å²) in [6.45, 7) is 2.17. The van der Waals surface area contributed by atoms with Crippen LogP contribution in [0.15, 0.2) is 18.6 Å². The summed E-state index contributed by atoms with van der Waals surface area (Å²) in [6.07, 6.45) is 4.57. The summed E-state index contributed by atoms with van der Waals surface area (Å²) in [5.74, 6) is -0.146. The highest BCUT2D eigenvalue weighted by atomic mass is 35.5. The molecule has 0 aromatic carbocycles. The molecular formula is C12H13ClN6O. The number of hydrogen-bond donors (Lipinski definition) is 1. The smallest absolute Gasteiger partial charge is 0.230 e. The molecule has 1 unspecified atom stereocenters. The number of carbonyl (C=O) groups is 1. The van der Waals surface area contributed by atoms with Crippen molar-refractivity contribution < 1.29 is 4.79 Å². The molecule has 1 atom stereocenters. The number of hydrogen-bond acceptors (Lipinski definition) is 4. The molecule has 1 N–H and O–H groups in total. The van der Waals surface area contributed by atoms with E-state index < -0.39 is 0 Å². The Bertz CT molecular complexity index is 668. The molecule has 104 valence electrons. The molecule has 0 radical (unpaired) electrons. The van der Waals surface area contributed by atoms with E-state index in [9.17, 15) is 4.79 Å². The molecule has 0 spiro atoms. The SMILES string of the molecule is CC(Cn1cc(Cl)cn1)C(=O)Nc1c(C#N)cnn1C. The summed E-state index contributed by atoms with van der Waals surface area (Å²) in [7, 11) is 1.66. The van der Waals surface area contributed by atoms with Gasteiger partial charge in [0.1, 0.15) is 17.5 Å². The summed E-state index contributed by atoms with van der Waals surface area (Å²) in [5.41, 5.74) is 0.329. The number of rotatable bonds is 4. The molecule has 2 rings (SSSR count). The van der Waals surface area contributed by atoms with Crippen LogP contribution in [0.4, 0.5) is 5.82 Å². The number of aromatic nitrogens is 4. The van der Waals surface area contributed by atoms with Crippen molar-refractivity contribution in [2.24, 2.45) is 13.0 Å². The van der Waals surface area contributed by atoms with E-state index >= 15 is 0 Å². The topological polar surface area (TPSA) is 88.5 Å². The van der Waals surface area contributed by atoms with Crippen molar-refractivity contribution in [1.29, 1.82) is 5.26 Å². The molecule has 2 heterocycles. The molecule has 0 aliphatic rings. The van der Waals surface area contributed by atoms with Crippen LogP contribution >= 0.6 is 11.6 Å². The lowest BCUT2D eigenvalue weighted by atomic mass is 10.1. The highest BCUT2D eigenvalue weighted by Gasteiger charge is 2.18. The molecule has 0 saturated carbocycles. The third kappa shape index (κ3) is 2.97. The van der Waals surface area contributed by atoms with Crippen LogP contribution in [-0.2, 0) is 18.4 Å². The van der Waals surface area contributed by atoms with Gasteiger partial charge in [0.2, 0.25) is 5.91 Å². The number of halogens is 1. The van der Waals surface area contributed by atoms with Gasteiger partial charge in [-0.2, -0.15) is 15.5 Å². The van der Waals surface area contributed by atoms with E-state index in [1.807, 2.05) is 6.07 Å². The molecule has 8 heteroatoms. The maximum absolute atomic E-state index is 12.1. The Morgan fingerprint density at radius 1 is 1.55 bits per heavy atom. The normalized spacial score (nSPS) is 11.9. The first kappa shape index (κ1) is 14.1. The zero-order chi connectivity index (χ0) is 14.7.